The van der Waals surface area contributed by atoms with E-state index < -0.39 is 11.6 Å². The highest BCUT2D eigenvalue weighted by molar-refractivity contribution is 5.84. The highest BCUT2D eigenvalue weighted by atomic mass is 19.3. The van der Waals surface area contributed by atoms with E-state index in [2.05, 4.69) is 27.1 Å². The summed E-state index contributed by atoms with van der Waals surface area (Å²) in [5, 5.41) is 4.33. The second-order valence-electron chi connectivity index (χ2n) is 6.12. The fourth-order valence-corrected chi connectivity index (χ4v) is 2.89. The highest BCUT2D eigenvalue weighted by Crippen LogP contribution is 2.39. The number of nitrogens with one attached hydrogen (secondary N) is 1. The lowest BCUT2D eigenvalue weighted by Crippen LogP contribution is -2.16. The number of halogens is 2. The molecule has 4 aromatic rings. The number of benzene rings is 1. The van der Waals surface area contributed by atoms with Crippen molar-refractivity contribution in [2.24, 2.45) is 5.84 Å². The Hall–Kier alpha value is -3.65. The van der Waals surface area contributed by atoms with Gasteiger partial charge < -0.3 is 9.95 Å². The maximum atomic E-state index is 15.3. The average molecular weight is 379 g/mol. The first-order valence-electron chi connectivity index (χ1n) is 8.31. The summed E-state index contributed by atoms with van der Waals surface area (Å²) in [5.41, 5.74) is 3.38. The molecule has 3 heterocycles. The van der Waals surface area contributed by atoms with Gasteiger partial charge in [0, 0.05) is 35.1 Å². The zero-order valence-corrected chi connectivity index (χ0v) is 14.6. The van der Waals surface area contributed by atoms with Crippen molar-refractivity contribution < 1.29 is 13.3 Å². The Bertz CT molecular complexity index is 1220. The summed E-state index contributed by atoms with van der Waals surface area (Å²) in [7, 11) is 0. The molecule has 0 radical (unpaired) electrons. The Morgan fingerprint density at radius 3 is 2.89 bits per heavy atom. The van der Waals surface area contributed by atoms with Crippen molar-refractivity contribution in [3.8, 4) is 0 Å². The molecule has 140 valence electrons. The van der Waals surface area contributed by atoms with Gasteiger partial charge in [0.05, 0.1) is 10.9 Å². The van der Waals surface area contributed by atoms with E-state index in [9.17, 15) is 0 Å². The predicted octanol–water partition coefficient (Wildman–Crippen LogP) is 3.90. The second kappa shape index (κ2) is 6.82. The molecule has 0 aliphatic rings. The van der Waals surface area contributed by atoms with E-state index in [0.717, 1.165) is 0 Å². The third kappa shape index (κ3) is 2.99. The number of pyridine rings is 2. The van der Waals surface area contributed by atoms with Crippen molar-refractivity contribution in [1.82, 2.24) is 20.6 Å². The second-order valence-corrected chi connectivity index (χ2v) is 6.12. The van der Waals surface area contributed by atoms with Crippen molar-refractivity contribution >= 4 is 27.6 Å². The summed E-state index contributed by atoms with van der Waals surface area (Å²) < 4.78 is 35.6. The van der Waals surface area contributed by atoms with Gasteiger partial charge in [0.15, 0.2) is 5.69 Å². The Morgan fingerprint density at radius 1 is 1.21 bits per heavy atom. The summed E-state index contributed by atoms with van der Waals surface area (Å²) in [6.45, 7) is 3.87. The quantitative estimate of drug-likeness (QED) is 0.311. The zero-order chi connectivity index (χ0) is 19.7. The Balaban J connectivity index is 1.81. The van der Waals surface area contributed by atoms with Crippen LogP contribution in [0.4, 0.5) is 8.78 Å². The van der Waals surface area contributed by atoms with Crippen molar-refractivity contribution in [2.45, 2.75) is 5.92 Å². The summed E-state index contributed by atoms with van der Waals surface area (Å²) in [6, 6.07) is 9.23. The number of nitrogens with zero attached hydrogens (tertiary/aromatic N) is 3. The van der Waals surface area contributed by atoms with Gasteiger partial charge in [-0.1, -0.05) is 23.9 Å². The zero-order valence-electron chi connectivity index (χ0n) is 14.6. The smallest absolute Gasteiger partial charge is 0.319 e. The minimum atomic E-state index is -3.38. The number of allylic oxidation sites excluding steroid dienone is 2. The number of hydrogen-bond donors (Lipinski definition) is 2. The molecule has 0 unspecified atom stereocenters. The molecule has 4 rings (SSSR count). The van der Waals surface area contributed by atoms with Crippen LogP contribution >= 0.6 is 0 Å². The molecule has 3 N–H and O–H groups in total. The highest BCUT2D eigenvalue weighted by Gasteiger charge is 2.40. The largest absolute Gasteiger partial charge is 0.335 e. The molecule has 0 aliphatic carbocycles. The monoisotopic (exact) mass is 379 g/mol. The van der Waals surface area contributed by atoms with Gasteiger partial charge in [-0.2, -0.15) is 8.78 Å². The number of nitrogens with two attached hydrogens (primary N) is 1. The van der Waals surface area contributed by atoms with Crippen molar-refractivity contribution in [1.29, 1.82) is 0 Å². The van der Waals surface area contributed by atoms with Gasteiger partial charge in [-0.15, -0.1) is 0 Å². The Kier molecular flexibility index (Phi) is 4.32. The third-order valence-corrected chi connectivity index (χ3v) is 4.34. The van der Waals surface area contributed by atoms with Crippen LogP contribution in [0, 0.1) is 0 Å². The van der Waals surface area contributed by atoms with E-state index in [1.807, 2.05) is 0 Å². The summed E-state index contributed by atoms with van der Waals surface area (Å²) in [4.78, 5) is 8.22. The van der Waals surface area contributed by atoms with Gasteiger partial charge in [-0.3, -0.25) is 10.8 Å². The van der Waals surface area contributed by atoms with Gasteiger partial charge >= 0.3 is 5.92 Å². The molecule has 0 fully saturated rings. The van der Waals surface area contributed by atoms with E-state index in [-0.39, 0.29) is 16.7 Å². The van der Waals surface area contributed by atoms with Crippen LogP contribution in [-0.4, -0.2) is 15.1 Å². The van der Waals surface area contributed by atoms with Crippen LogP contribution in [0.2, 0.25) is 0 Å². The van der Waals surface area contributed by atoms with E-state index in [4.69, 9.17) is 10.4 Å². The Morgan fingerprint density at radius 2 is 2.07 bits per heavy atom. The van der Waals surface area contributed by atoms with Crippen LogP contribution in [0.15, 0.2) is 72.2 Å². The van der Waals surface area contributed by atoms with Gasteiger partial charge in [0.25, 0.3) is 5.71 Å². The lowest BCUT2D eigenvalue weighted by molar-refractivity contribution is 0.0362. The van der Waals surface area contributed by atoms with Gasteiger partial charge in [-0.25, -0.2) is 4.98 Å². The number of hydrogen-bond acceptors (Lipinski definition) is 6. The van der Waals surface area contributed by atoms with Crippen LogP contribution in [0.25, 0.3) is 27.6 Å². The van der Waals surface area contributed by atoms with E-state index >= 15 is 8.78 Å². The van der Waals surface area contributed by atoms with Crippen molar-refractivity contribution in [3.63, 3.8) is 0 Å². The average Bonchev–Trinajstić information content (AvgIpc) is 3.15. The molecular formula is C20H15F2N5O. The first-order chi connectivity index (χ1) is 13.5. The minimum absolute atomic E-state index is 0.0228. The fraction of sp³-hybridized carbons (Fsp3) is 0.0500. The molecular weight excluding hydrogens is 364 g/mol. The summed E-state index contributed by atoms with van der Waals surface area (Å²) in [6.07, 6.45) is 6.16. The van der Waals surface area contributed by atoms with Crippen LogP contribution in [-0.2, 0) is 5.92 Å². The first kappa shape index (κ1) is 17.7. The molecule has 6 nitrogen and oxygen atoms in total. The molecule has 0 bridgehead atoms. The fourth-order valence-electron chi connectivity index (χ4n) is 2.89. The number of fused-ring (bicyclic) bond motifs is 2. The molecule has 3 aromatic heterocycles. The maximum Gasteiger partial charge on any atom is 0.319 e. The first-order valence-corrected chi connectivity index (χ1v) is 8.31. The van der Waals surface area contributed by atoms with Crippen LogP contribution in [0.5, 0.6) is 0 Å². The van der Waals surface area contributed by atoms with Crippen LogP contribution in [0.1, 0.15) is 16.8 Å². The topological polar surface area (TPSA) is 89.9 Å². The normalized spacial score (nSPS) is 12.1. The molecule has 1 aromatic carbocycles. The standard InChI is InChI=1S/C20H15F2N5O/c1-12(6-8-26-23)14-10-16-18(27-28-19(16)25-11-14)20(21,22)15-4-5-17-13(9-15)3-2-7-24-17/h2-11,26H,1,23H2/b8-6-. The summed E-state index contributed by atoms with van der Waals surface area (Å²) in [5.74, 6) is 1.81. The lowest BCUT2D eigenvalue weighted by Gasteiger charge is -2.15. The predicted molar refractivity (Wildman–Crippen MR) is 102 cm³/mol. The van der Waals surface area contributed by atoms with Crippen molar-refractivity contribution in [2.75, 3.05) is 0 Å². The third-order valence-electron chi connectivity index (χ3n) is 4.34. The van der Waals surface area contributed by atoms with Crippen molar-refractivity contribution in [3.05, 3.63) is 84.5 Å². The Labute approximate surface area is 158 Å². The molecule has 28 heavy (non-hydrogen) atoms. The van der Waals surface area contributed by atoms with Crippen LogP contribution in [0.3, 0.4) is 0 Å². The van der Waals surface area contributed by atoms with Gasteiger partial charge in [-0.05, 0) is 35.9 Å². The maximum absolute atomic E-state index is 15.3. The lowest BCUT2D eigenvalue weighted by atomic mass is 10.00. The minimum Gasteiger partial charge on any atom is -0.335 e. The van der Waals surface area contributed by atoms with Gasteiger partial charge in [0.1, 0.15) is 0 Å². The number of alkyl halides is 2. The molecule has 0 aliphatic heterocycles. The number of aromatic nitrogens is 3. The molecule has 8 heteroatoms. The molecule has 0 saturated heterocycles. The molecule has 0 atom stereocenters. The van der Waals surface area contributed by atoms with Gasteiger partial charge in [0.2, 0.25) is 0 Å². The van der Waals surface area contributed by atoms with E-state index in [0.29, 0.717) is 22.0 Å². The molecule has 0 spiro atoms. The summed E-state index contributed by atoms with van der Waals surface area (Å²) >= 11 is 0. The number of hydrazine groups is 1. The van der Waals surface area contributed by atoms with E-state index in [1.54, 1.807) is 30.5 Å². The van der Waals surface area contributed by atoms with Crippen LogP contribution < -0.4 is 11.3 Å². The van der Waals surface area contributed by atoms with E-state index in [1.165, 1.54) is 30.6 Å². The molecule has 0 amide bonds. The number of rotatable bonds is 5. The molecule has 0 saturated carbocycles. The SMILES string of the molecule is C=C(/C=C\NN)c1cnc2onc(C(F)(F)c3ccc4ncccc4c3)c2c1.